The van der Waals surface area contributed by atoms with Gasteiger partial charge in [-0.05, 0) is 72.9 Å². The number of ether oxygens (including phenoxy) is 1. The van der Waals surface area contributed by atoms with Crippen LogP contribution in [0.2, 0.25) is 0 Å². The molecular formula is C24H24N2O4S. The van der Waals surface area contributed by atoms with Gasteiger partial charge in [0.05, 0.1) is 18.0 Å². The normalized spacial score (nSPS) is 15.6. The van der Waals surface area contributed by atoms with Crippen molar-refractivity contribution < 1.29 is 17.9 Å². The molecule has 3 aromatic rings. The first-order valence-electron chi connectivity index (χ1n) is 10.1. The number of para-hydroxylation sites is 1. The van der Waals surface area contributed by atoms with E-state index in [-0.39, 0.29) is 16.8 Å². The van der Waals surface area contributed by atoms with Crippen LogP contribution < -0.4 is 14.8 Å². The van der Waals surface area contributed by atoms with Crippen molar-refractivity contribution in [2.45, 2.75) is 30.2 Å². The van der Waals surface area contributed by atoms with E-state index >= 15 is 0 Å². The van der Waals surface area contributed by atoms with Crippen LogP contribution in [-0.4, -0.2) is 21.4 Å². The van der Waals surface area contributed by atoms with E-state index in [1.165, 1.54) is 17.7 Å². The highest BCUT2D eigenvalue weighted by Crippen LogP contribution is 2.32. The van der Waals surface area contributed by atoms with Gasteiger partial charge in [-0.3, -0.25) is 9.52 Å². The topological polar surface area (TPSA) is 84.5 Å². The van der Waals surface area contributed by atoms with Crippen LogP contribution in [-0.2, 0) is 16.4 Å². The largest absolute Gasteiger partial charge is 0.497 e. The van der Waals surface area contributed by atoms with E-state index in [4.69, 9.17) is 4.74 Å². The first kappa shape index (κ1) is 20.9. The molecule has 0 aromatic heterocycles. The lowest BCUT2D eigenvalue weighted by atomic mass is 9.87. The van der Waals surface area contributed by atoms with Gasteiger partial charge >= 0.3 is 0 Å². The van der Waals surface area contributed by atoms with Crippen LogP contribution in [0.25, 0.3) is 0 Å². The Hall–Kier alpha value is -3.32. The van der Waals surface area contributed by atoms with Gasteiger partial charge in [-0.25, -0.2) is 8.42 Å². The Balaban J connectivity index is 1.53. The summed E-state index contributed by atoms with van der Waals surface area (Å²) in [5.41, 5.74) is 3.01. The highest BCUT2D eigenvalue weighted by molar-refractivity contribution is 7.92. The maximum Gasteiger partial charge on any atom is 0.261 e. The number of amides is 1. The Morgan fingerprint density at radius 3 is 2.58 bits per heavy atom. The van der Waals surface area contributed by atoms with Crippen molar-refractivity contribution in [3.8, 4) is 5.75 Å². The molecule has 0 saturated carbocycles. The summed E-state index contributed by atoms with van der Waals surface area (Å²) < 4.78 is 33.3. The van der Waals surface area contributed by atoms with Gasteiger partial charge in [0.2, 0.25) is 0 Å². The van der Waals surface area contributed by atoms with Gasteiger partial charge < -0.3 is 10.1 Å². The summed E-state index contributed by atoms with van der Waals surface area (Å²) in [7, 11) is -2.17. The summed E-state index contributed by atoms with van der Waals surface area (Å²) in [6.45, 7) is 0. The molecule has 1 amide bonds. The average molecular weight is 437 g/mol. The number of aryl methyl sites for hydroxylation is 1. The fourth-order valence-corrected chi connectivity index (χ4v) is 4.94. The molecular weight excluding hydrogens is 412 g/mol. The standard InChI is InChI=1S/C24H24N2O4S/c1-30-20-13-14-22-17(15-20)7-6-12-23(22)25-24(27)18-8-5-11-21(16-18)31(28,29)26-19-9-3-2-4-10-19/h2-5,8-11,13-16,23,26H,6-7,12H2,1H3,(H,25,27). The monoisotopic (exact) mass is 436 g/mol. The van der Waals surface area contributed by atoms with Crippen molar-refractivity contribution in [3.63, 3.8) is 0 Å². The number of fused-ring (bicyclic) bond motifs is 1. The molecule has 160 valence electrons. The van der Waals surface area contributed by atoms with Crippen molar-refractivity contribution in [3.05, 3.63) is 89.5 Å². The van der Waals surface area contributed by atoms with Crippen molar-refractivity contribution >= 4 is 21.6 Å². The zero-order valence-electron chi connectivity index (χ0n) is 17.2. The minimum atomic E-state index is -3.80. The first-order valence-corrected chi connectivity index (χ1v) is 11.6. The summed E-state index contributed by atoms with van der Waals surface area (Å²) in [5, 5.41) is 3.06. The molecule has 0 fully saturated rings. The SMILES string of the molecule is COc1ccc2c(c1)CCCC2NC(=O)c1cccc(S(=O)(=O)Nc2ccccc2)c1. The van der Waals surface area contributed by atoms with Crippen LogP contribution in [0.1, 0.15) is 40.4 Å². The van der Waals surface area contributed by atoms with Crippen molar-refractivity contribution in [1.29, 1.82) is 0 Å². The molecule has 7 heteroatoms. The van der Waals surface area contributed by atoms with Gasteiger partial charge in [0.15, 0.2) is 0 Å². The highest BCUT2D eigenvalue weighted by Gasteiger charge is 2.23. The van der Waals surface area contributed by atoms with Crippen LogP contribution in [0, 0.1) is 0 Å². The van der Waals surface area contributed by atoms with Crippen LogP contribution in [0.4, 0.5) is 5.69 Å². The van der Waals surface area contributed by atoms with Crippen LogP contribution in [0.3, 0.4) is 0 Å². The summed E-state index contributed by atoms with van der Waals surface area (Å²) in [4.78, 5) is 13.0. The third-order valence-corrected chi connectivity index (χ3v) is 6.78. The van der Waals surface area contributed by atoms with E-state index in [2.05, 4.69) is 10.0 Å². The Morgan fingerprint density at radius 2 is 1.81 bits per heavy atom. The molecule has 0 radical (unpaired) electrons. The van der Waals surface area contributed by atoms with Crippen LogP contribution in [0.5, 0.6) is 5.75 Å². The van der Waals surface area contributed by atoms with E-state index in [0.29, 0.717) is 11.3 Å². The Labute approximate surface area is 182 Å². The molecule has 1 aliphatic rings. The number of anilines is 1. The van der Waals surface area contributed by atoms with Gasteiger partial charge in [0, 0.05) is 11.3 Å². The summed E-state index contributed by atoms with van der Waals surface area (Å²) in [5.74, 6) is 0.500. The molecule has 31 heavy (non-hydrogen) atoms. The van der Waals surface area contributed by atoms with Gasteiger partial charge in [-0.1, -0.05) is 30.3 Å². The van der Waals surface area contributed by atoms with E-state index in [9.17, 15) is 13.2 Å². The third-order valence-electron chi connectivity index (χ3n) is 5.40. The Morgan fingerprint density at radius 1 is 1.00 bits per heavy atom. The number of nitrogens with one attached hydrogen (secondary N) is 2. The second-order valence-electron chi connectivity index (χ2n) is 7.48. The van der Waals surface area contributed by atoms with E-state index < -0.39 is 10.0 Å². The van der Waals surface area contributed by atoms with E-state index in [1.54, 1.807) is 43.5 Å². The van der Waals surface area contributed by atoms with E-state index in [1.807, 2.05) is 24.3 Å². The molecule has 0 aliphatic heterocycles. The summed E-state index contributed by atoms with van der Waals surface area (Å²) in [6.07, 6.45) is 2.73. The Bertz CT molecular complexity index is 1190. The minimum absolute atomic E-state index is 0.0396. The number of hydrogen-bond acceptors (Lipinski definition) is 4. The first-order chi connectivity index (χ1) is 15.0. The fraction of sp³-hybridized carbons (Fsp3) is 0.208. The predicted octanol–water partition coefficient (Wildman–Crippen LogP) is 4.30. The van der Waals surface area contributed by atoms with Gasteiger partial charge in [-0.15, -0.1) is 0 Å². The maximum absolute atomic E-state index is 12.9. The number of methoxy groups -OCH3 is 1. The lowest BCUT2D eigenvalue weighted by Crippen LogP contribution is -2.31. The fourth-order valence-electron chi connectivity index (χ4n) is 3.83. The lowest BCUT2D eigenvalue weighted by Gasteiger charge is -2.27. The van der Waals surface area contributed by atoms with Crippen LogP contribution in [0.15, 0.2) is 77.7 Å². The summed E-state index contributed by atoms with van der Waals surface area (Å²) >= 11 is 0. The smallest absolute Gasteiger partial charge is 0.261 e. The second-order valence-corrected chi connectivity index (χ2v) is 9.16. The second kappa shape index (κ2) is 8.81. The van der Waals surface area contributed by atoms with Crippen molar-refractivity contribution in [2.24, 2.45) is 0 Å². The molecule has 1 aliphatic carbocycles. The number of carbonyl (C=O) groups excluding carboxylic acids is 1. The third kappa shape index (κ3) is 4.72. The molecule has 4 rings (SSSR count). The molecule has 0 spiro atoms. The summed E-state index contributed by atoms with van der Waals surface area (Å²) in [6, 6.07) is 20.5. The molecule has 0 heterocycles. The number of carbonyl (C=O) groups is 1. The number of sulfonamides is 1. The number of benzene rings is 3. The number of hydrogen-bond donors (Lipinski definition) is 2. The average Bonchev–Trinajstić information content (AvgIpc) is 2.79. The Kier molecular flexibility index (Phi) is 5.95. The number of rotatable bonds is 6. The molecule has 1 atom stereocenters. The molecule has 6 nitrogen and oxygen atoms in total. The van der Waals surface area contributed by atoms with Crippen molar-refractivity contribution in [2.75, 3.05) is 11.8 Å². The lowest BCUT2D eigenvalue weighted by molar-refractivity contribution is 0.0932. The maximum atomic E-state index is 12.9. The molecule has 0 bridgehead atoms. The predicted molar refractivity (Wildman–Crippen MR) is 120 cm³/mol. The van der Waals surface area contributed by atoms with Crippen molar-refractivity contribution in [1.82, 2.24) is 5.32 Å². The zero-order chi connectivity index (χ0) is 21.8. The van der Waals surface area contributed by atoms with Gasteiger partial charge in [0.1, 0.15) is 5.75 Å². The molecule has 2 N–H and O–H groups in total. The molecule has 0 saturated heterocycles. The van der Waals surface area contributed by atoms with Gasteiger partial charge in [0.25, 0.3) is 15.9 Å². The zero-order valence-corrected chi connectivity index (χ0v) is 18.0. The molecule has 3 aromatic carbocycles. The molecule has 1 unspecified atom stereocenters. The van der Waals surface area contributed by atoms with Crippen LogP contribution >= 0.6 is 0 Å². The quantitative estimate of drug-likeness (QED) is 0.603. The van der Waals surface area contributed by atoms with E-state index in [0.717, 1.165) is 30.6 Å². The highest BCUT2D eigenvalue weighted by atomic mass is 32.2. The van der Waals surface area contributed by atoms with Gasteiger partial charge in [-0.2, -0.15) is 0 Å². The minimum Gasteiger partial charge on any atom is -0.497 e.